The molecule has 0 aliphatic carbocycles. The number of ether oxygens (including phenoxy) is 1. The van der Waals surface area contributed by atoms with Crippen LogP contribution in [0.5, 0.6) is 0 Å². The molecule has 3 atom stereocenters. The number of carbonyl (C=O) groups excluding carboxylic acids is 3. The molecule has 0 radical (unpaired) electrons. The van der Waals surface area contributed by atoms with Crippen LogP contribution in [0.4, 0.5) is 9.93 Å². The van der Waals surface area contributed by atoms with Gasteiger partial charge in [0.1, 0.15) is 40.0 Å². The minimum atomic E-state index is -1.49. The van der Waals surface area contributed by atoms with Gasteiger partial charge in [0.25, 0.3) is 5.91 Å². The van der Waals surface area contributed by atoms with Gasteiger partial charge in [-0.3, -0.25) is 14.4 Å². The summed E-state index contributed by atoms with van der Waals surface area (Å²) in [5, 5.41) is 15.6. The van der Waals surface area contributed by atoms with Crippen molar-refractivity contribution >= 4 is 86.2 Å². The molecular weight excluding hydrogens is 556 g/mol. The highest BCUT2D eigenvalue weighted by Crippen LogP contribution is 2.42. The third-order valence-corrected chi connectivity index (χ3v) is 7.72. The largest absolute Gasteiger partial charge is 0.481 e. The Balaban J connectivity index is 0.00000363. The number of amides is 3. The second-order valence-electron chi connectivity index (χ2n) is 6.61. The summed E-state index contributed by atoms with van der Waals surface area (Å²) in [6, 6.07) is -0.904. The predicted octanol–water partition coefficient (Wildman–Crippen LogP) is -0.174. The summed E-state index contributed by atoms with van der Waals surface area (Å²) in [5.41, 5.74) is 9.08. The Labute approximate surface area is 203 Å². The Morgan fingerprint density at radius 1 is 1.47 bits per heavy atom. The SMILES string of the molecule is CON=C(C(=O)NC1C(=O)N2CC(COC(N)=O)(C(=O)O)CS[C@H]12)c1nc(N)sc1Br.Cl. The number of hydrogen-bond acceptors (Lipinski definition) is 11. The van der Waals surface area contributed by atoms with Crippen LogP contribution in [-0.4, -0.2) is 82.0 Å². The number of carbonyl (C=O) groups is 4. The Morgan fingerprint density at radius 3 is 2.69 bits per heavy atom. The number of oxime groups is 1. The van der Waals surface area contributed by atoms with Gasteiger partial charge in [0.05, 0.1) is 0 Å². The summed E-state index contributed by atoms with van der Waals surface area (Å²) in [6.07, 6.45) is -1.10. The number of nitrogens with one attached hydrogen (secondary N) is 1. The average molecular weight is 574 g/mol. The summed E-state index contributed by atoms with van der Waals surface area (Å²) in [4.78, 5) is 58.1. The smallest absolute Gasteiger partial charge is 0.404 e. The van der Waals surface area contributed by atoms with E-state index in [2.05, 4.69) is 36.1 Å². The van der Waals surface area contributed by atoms with Gasteiger partial charge in [-0.05, 0) is 15.9 Å². The van der Waals surface area contributed by atoms with E-state index >= 15 is 0 Å². The number of nitrogens with zero attached hydrogens (tertiary/aromatic N) is 3. The van der Waals surface area contributed by atoms with Crippen molar-refractivity contribution in [3.63, 3.8) is 0 Å². The van der Waals surface area contributed by atoms with Gasteiger partial charge in [0.15, 0.2) is 10.8 Å². The highest BCUT2D eigenvalue weighted by Gasteiger charge is 2.58. The van der Waals surface area contributed by atoms with Crippen LogP contribution in [0.2, 0.25) is 0 Å². The molecule has 2 aliphatic heterocycles. The van der Waals surface area contributed by atoms with Crippen molar-refractivity contribution in [2.24, 2.45) is 16.3 Å². The number of β-lactam (4-membered cyclic amide) rings is 1. The Morgan fingerprint density at radius 2 is 2.16 bits per heavy atom. The zero-order valence-electron chi connectivity index (χ0n) is 16.3. The highest BCUT2D eigenvalue weighted by molar-refractivity contribution is 9.11. The average Bonchev–Trinajstić information content (AvgIpc) is 3.05. The molecule has 3 amide bonds. The molecule has 0 saturated carbocycles. The number of nitrogens with two attached hydrogens (primary N) is 2. The summed E-state index contributed by atoms with van der Waals surface area (Å²) in [5.74, 6) is -2.37. The van der Waals surface area contributed by atoms with Crippen LogP contribution in [0.15, 0.2) is 8.94 Å². The van der Waals surface area contributed by atoms with Gasteiger partial charge in [-0.15, -0.1) is 24.2 Å². The molecule has 0 spiro atoms. The number of primary amides is 1. The first kappa shape index (κ1) is 26.0. The van der Waals surface area contributed by atoms with Gasteiger partial charge >= 0.3 is 12.1 Å². The van der Waals surface area contributed by atoms with E-state index in [0.717, 1.165) is 23.1 Å². The van der Waals surface area contributed by atoms with E-state index in [9.17, 15) is 24.3 Å². The molecular formula is C15H18BrClN6O7S2. The second-order valence-corrected chi connectivity index (χ2v) is 10.1. The molecule has 13 nitrogen and oxygen atoms in total. The number of carboxylic acid groups (broad SMARTS) is 1. The zero-order valence-corrected chi connectivity index (χ0v) is 20.3. The number of carboxylic acids is 1. The summed E-state index contributed by atoms with van der Waals surface area (Å²) >= 11 is 5.49. The summed E-state index contributed by atoms with van der Waals surface area (Å²) in [7, 11) is 1.25. The van der Waals surface area contributed by atoms with E-state index in [1.54, 1.807) is 0 Å². The van der Waals surface area contributed by atoms with Crippen LogP contribution in [0.1, 0.15) is 5.69 Å². The van der Waals surface area contributed by atoms with Crippen molar-refractivity contribution in [1.82, 2.24) is 15.2 Å². The number of thiazole rings is 1. The molecule has 3 heterocycles. The fraction of sp³-hybridized carbons (Fsp3) is 0.467. The highest BCUT2D eigenvalue weighted by atomic mass is 79.9. The number of thioether (sulfide) groups is 1. The molecule has 1 aromatic heterocycles. The third kappa shape index (κ3) is 4.87. The topological polar surface area (TPSA) is 200 Å². The number of halogens is 2. The molecule has 2 aliphatic rings. The van der Waals surface area contributed by atoms with Crippen LogP contribution >= 0.6 is 51.4 Å². The number of aliphatic carboxylic acids is 1. The lowest BCUT2D eigenvalue weighted by molar-refractivity contribution is -0.160. The van der Waals surface area contributed by atoms with E-state index in [1.165, 1.54) is 12.0 Å². The normalized spacial score (nSPS) is 24.5. The van der Waals surface area contributed by atoms with E-state index < -0.39 is 47.3 Å². The predicted molar refractivity (Wildman–Crippen MR) is 121 cm³/mol. The van der Waals surface area contributed by atoms with E-state index in [1.807, 2.05) is 0 Å². The molecule has 17 heteroatoms. The van der Waals surface area contributed by atoms with Crippen molar-refractivity contribution in [3.05, 3.63) is 9.48 Å². The van der Waals surface area contributed by atoms with E-state index in [0.29, 0.717) is 3.79 Å². The lowest BCUT2D eigenvalue weighted by atomic mass is 9.88. The minimum Gasteiger partial charge on any atom is -0.481 e. The van der Waals surface area contributed by atoms with E-state index in [4.69, 9.17) is 16.3 Å². The van der Waals surface area contributed by atoms with Gasteiger partial charge in [-0.25, -0.2) is 9.78 Å². The number of hydrogen-bond donors (Lipinski definition) is 4. The van der Waals surface area contributed by atoms with E-state index in [-0.39, 0.29) is 41.2 Å². The zero-order chi connectivity index (χ0) is 22.9. The van der Waals surface area contributed by atoms with Crippen molar-refractivity contribution in [2.45, 2.75) is 11.4 Å². The Bertz CT molecular complexity index is 978. The van der Waals surface area contributed by atoms with Crippen molar-refractivity contribution < 1.29 is 33.9 Å². The molecule has 176 valence electrons. The molecule has 1 aromatic rings. The van der Waals surface area contributed by atoms with Crippen LogP contribution < -0.4 is 16.8 Å². The van der Waals surface area contributed by atoms with Crippen molar-refractivity contribution in [3.8, 4) is 0 Å². The Hall–Kier alpha value is -2.30. The first-order chi connectivity index (χ1) is 14.6. The lowest BCUT2D eigenvalue weighted by Gasteiger charge is -2.53. The maximum atomic E-state index is 12.8. The van der Waals surface area contributed by atoms with Gasteiger partial charge in [0.2, 0.25) is 5.91 Å². The van der Waals surface area contributed by atoms with Crippen LogP contribution in [0.3, 0.4) is 0 Å². The summed E-state index contributed by atoms with van der Waals surface area (Å²) < 4.78 is 5.15. The molecule has 2 unspecified atom stereocenters. The number of rotatable bonds is 7. The van der Waals surface area contributed by atoms with Crippen LogP contribution in [-0.2, 0) is 24.0 Å². The lowest BCUT2D eigenvalue weighted by Crippen LogP contribution is -2.74. The quantitative estimate of drug-likeness (QED) is 0.193. The number of aromatic nitrogens is 1. The molecule has 6 N–H and O–H groups in total. The number of anilines is 1. The number of nitrogen functional groups attached to an aromatic ring is 1. The maximum absolute atomic E-state index is 12.8. The van der Waals surface area contributed by atoms with Gasteiger partial charge in [0, 0.05) is 12.3 Å². The molecule has 0 aromatic carbocycles. The van der Waals surface area contributed by atoms with Crippen molar-refractivity contribution in [1.29, 1.82) is 0 Å². The third-order valence-electron chi connectivity index (χ3n) is 4.60. The van der Waals surface area contributed by atoms with Gasteiger partial charge in [-0.1, -0.05) is 16.5 Å². The molecule has 2 fully saturated rings. The number of fused-ring (bicyclic) bond motifs is 1. The second kappa shape index (κ2) is 10.1. The fourth-order valence-corrected chi connectivity index (χ4v) is 5.93. The fourth-order valence-electron chi connectivity index (χ4n) is 3.07. The molecule has 3 rings (SSSR count). The maximum Gasteiger partial charge on any atom is 0.404 e. The molecule has 2 saturated heterocycles. The first-order valence-corrected chi connectivity index (χ1v) is 11.2. The van der Waals surface area contributed by atoms with Crippen LogP contribution in [0.25, 0.3) is 0 Å². The van der Waals surface area contributed by atoms with Gasteiger partial charge < -0.3 is 36.4 Å². The van der Waals surface area contributed by atoms with Crippen LogP contribution in [0, 0.1) is 5.41 Å². The van der Waals surface area contributed by atoms with Gasteiger partial charge in [-0.2, -0.15) is 0 Å². The Kier molecular flexibility index (Phi) is 8.19. The summed E-state index contributed by atoms with van der Waals surface area (Å²) in [6.45, 7) is -0.659. The first-order valence-electron chi connectivity index (χ1n) is 8.51. The minimum absolute atomic E-state index is 0. The van der Waals surface area contributed by atoms with Crippen molar-refractivity contribution in [2.75, 3.05) is 31.7 Å². The molecule has 0 bridgehead atoms. The monoisotopic (exact) mass is 572 g/mol. The standard InChI is InChI=1S/C15H17BrN6O7S2.ClH/c1-28-21-6(5-8(16)31-13(17)20-5)9(23)19-7-10(24)22-2-15(12(25)26,3-29-14(18)27)4-30-11(7)22;/h7,11H,2-4H2,1H3,(H2,17,20)(H2,18,27)(H,19,23)(H,25,26);1H/t7?,11-,15?;/m1./s1. The molecule has 32 heavy (non-hydrogen) atoms.